The van der Waals surface area contributed by atoms with Crippen LogP contribution in [0.3, 0.4) is 0 Å². The molecule has 0 bridgehead atoms. The van der Waals surface area contributed by atoms with E-state index in [0.717, 1.165) is 31.5 Å². The van der Waals surface area contributed by atoms with Crippen molar-refractivity contribution in [2.75, 3.05) is 18.4 Å². The van der Waals surface area contributed by atoms with Gasteiger partial charge in [0.25, 0.3) is 0 Å². The van der Waals surface area contributed by atoms with Crippen molar-refractivity contribution in [1.29, 1.82) is 0 Å². The summed E-state index contributed by atoms with van der Waals surface area (Å²) in [5, 5.41) is 14.2. The third-order valence-electron chi connectivity index (χ3n) is 5.00. The van der Waals surface area contributed by atoms with Gasteiger partial charge in [-0.25, -0.2) is 0 Å². The predicted molar refractivity (Wildman–Crippen MR) is 88.9 cm³/mol. The number of aliphatic hydroxyl groups excluding tert-OH is 1. The van der Waals surface area contributed by atoms with E-state index in [1.54, 1.807) is 0 Å². The topological polar surface area (TPSA) is 35.5 Å². The highest BCUT2D eigenvalue weighted by Gasteiger charge is 2.37. The monoisotopic (exact) mass is 294 g/mol. The molecular formula is C19H22N2O. The largest absolute Gasteiger partial charge is 0.387 e. The molecule has 3 atom stereocenters. The molecule has 3 heteroatoms. The standard InChI is InChI=1S/C19H22N2O/c22-19-17-9-5-4-6-14(17)12-18(19)21-11-10-16(13-21)20-15-7-2-1-3-8-15/h1-9,16,18-20,22H,10-13H2. The lowest BCUT2D eigenvalue weighted by Gasteiger charge is -2.27. The minimum Gasteiger partial charge on any atom is -0.387 e. The van der Waals surface area contributed by atoms with Crippen LogP contribution in [0.1, 0.15) is 23.7 Å². The quantitative estimate of drug-likeness (QED) is 0.914. The number of para-hydroxylation sites is 1. The Kier molecular flexibility index (Phi) is 3.60. The average molecular weight is 294 g/mol. The first-order valence-corrected chi connectivity index (χ1v) is 8.13. The van der Waals surface area contributed by atoms with E-state index in [-0.39, 0.29) is 12.1 Å². The molecule has 1 aliphatic heterocycles. The van der Waals surface area contributed by atoms with E-state index < -0.39 is 0 Å². The second-order valence-corrected chi connectivity index (χ2v) is 6.41. The summed E-state index contributed by atoms with van der Waals surface area (Å²) >= 11 is 0. The third kappa shape index (κ3) is 2.51. The number of nitrogens with one attached hydrogen (secondary N) is 1. The molecule has 3 unspecified atom stereocenters. The van der Waals surface area contributed by atoms with E-state index in [1.165, 1.54) is 11.3 Å². The predicted octanol–water partition coefficient (Wildman–Crippen LogP) is 2.83. The molecule has 114 valence electrons. The molecule has 0 aromatic heterocycles. The Bertz CT molecular complexity index is 643. The van der Waals surface area contributed by atoms with E-state index in [0.29, 0.717) is 6.04 Å². The SMILES string of the molecule is OC1c2ccccc2CC1N1CCC(Nc2ccccc2)C1. The first-order valence-electron chi connectivity index (χ1n) is 8.13. The Balaban J connectivity index is 1.42. The molecule has 3 nitrogen and oxygen atoms in total. The van der Waals surface area contributed by atoms with Crippen LogP contribution in [0.5, 0.6) is 0 Å². The Morgan fingerprint density at radius 3 is 2.59 bits per heavy atom. The van der Waals surface area contributed by atoms with E-state index in [9.17, 15) is 5.11 Å². The van der Waals surface area contributed by atoms with Gasteiger partial charge >= 0.3 is 0 Å². The first kappa shape index (κ1) is 13.8. The number of hydrogen-bond donors (Lipinski definition) is 2. The van der Waals surface area contributed by atoms with Crippen LogP contribution in [0, 0.1) is 0 Å². The molecule has 1 fully saturated rings. The number of hydrogen-bond acceptors (Lipinski definition) is 3. The van der Waals surface area contributed by atoms with E-state index in [2.05, 4.69) is 52.7 Å². The molecule has 4 rings (SSSR count). The Morgan fingerprint density at radius 1 is 1.00 bits per heavy atom. The maximum Gasteiger partial charge on any atom is 0.0951 e. The van der Waals surface area contributed by atoms with Crippen molar-refractivity contribution in [2.24, 2.45) is 0 Å². The molecule has 1 aliphatic carbocycles. The fraction of sp³-hybridized carbons (Fsp3) is 0.368. The van der Waals surface area contributed by atoms with Gasteiger partial charge in [-0.15, -0.1) is 0 Å². The minimum atomic E-state index is -0.341. The summed E-state index contributed by atoms with van der Waals surface area (Å²) in [5.41, 5.74) is 3.61. The van der Waals surface area contributed by atoms with Crippen molar-refractivity contribution in [3.8, 4) is 0 Å². The number of aliphatic hydroxyl groups is 1. The molecule has 0 saturated carbocycles. The van der Waals surface area contributed by atoms with Gasteiger partial charge in [0.15, 0.2) is 0 Å². The molecule has 2 N–H and O–H groups in total. The van der Waals surface area contributed by atoms with Crippen LogP contribution in [0.4, 0.5) is 5.69 Å². The van der Waals surface area contributed by atoms with Crippen molar-refractivity contribution in [1.82, 2.24) is 4.90 Å². The van der Waals surface area contributed by atoms with Gasteiger partial charge in [0, 0.05) is 30.9 Å². The van der Waals surface area contributed by atoms with Crippen molar-refractivity contribution in [3.05, 3.63) is 65.7 Å². The molecule has 2 aliphatic rings. The molecule has 1 saturated heterocycles. The Hall–Kier alpha value is -1.84. The van der Waals surface area contributed by atoms with E-state index in [1.807, 2.05) is 12.1 Å². The Labute approximate surface area is 131 Å². The summed E-state index contributed by atoms with van der Waals surface area (Å²) in [6.07, 6.45) is 1.76. The summed E-state index contributed by atoms with van der Waals surface area (Å²) in [5.74, 6) is 0. The maximum absolute atomic E-state index is 10.6. The van der Waals surface area contributed by atoms with Crippen molar-refractivity contribution in [2.45, 2.75) is 31.0 Å². The fourth-order valence-electron chi connectivity index (χ4n) is 3.86. The number of likely N-dealkylation sites (tertiary alicyclic amines) is 1. The van der Waals surface area contributed by atoms with Crippen molar-refractivity contribution in [3.63, 3.8) is 0 Å². The molecule has 2 aromatic carbocycles. The van der Waals surface area contributed by atoms with Gasteiger partial charge in [0.1, 0.15) is 0 Å². The van der Waals surface area contributed by atoms with Crippen LogP contribution in [0.25, 0.3) is 0 Å². The zero-order valence-electron chi connectivity index (χ0n) is 12.7. The summed E-state index contributed by atoms with van der Waals surface area (Å²) in [7, 11) is 0. The zero-order valence-corrected chi connectivity index (χ0v) is 12.7. The lowest BCUT2D eigenvalue weighted by Crippen LogP contribution is -2.38. The summed E-state index contributed by atoms with van der Waals surface area (Å²) in [6.45, 7) is 2.06. The van der Waals surface area contributed by atoms with Gasteiger partial charge in [-0.3, -0.25) is 4.90 Å². The summed E-state index contributed by atoms with van der Waals surface area (Å²) < 4.78 is 0. The average Bonchev–Trinajstić information content (AvgIpc) is 3.14. The van der Waals surface area contributed by atoms with Crippen LogP contribution < -0.4 is 5.32 Å². The molecule has 0 amide bonds. The van der Waals surface area contributed by atoms with E-state index in [4.69, 9.17) is 0 Å². The van der Waals surface area contributed by atoms with Crippen LogP contribution in [-0.4, -0.2) is 35.2 Å². The van der Waals surface area contributed by atoms with Crippen LogP contribution in [0.15, 0.2) is 54.6 Å². The molecule has 2 aromatic rings. The highest BCUT2D eigenvalue weighted by Crippen LogP contribution is 2.35. The Morgan fingerprint density at radius 2 is 1.77 bits per heavy atom. The maximum atomic E-state index is 10.6. The number of nitrogens with zero attached hydrogens (tertiary/aromatic N) is 1. The summed E-state index contributed by atoms with van der Waals surface area (Å²) in [4.78, 5) is 2.45. The molecule has 0 radical (unpaired) electrons. The van der Waals surface area contributed by atoms with Gasteiger partial charge < -0.3 is 10.4 Å². The highest BCUT2D eigenvalue weighted by atomic mass is 16.3. The third-order valence-corrected chi connectivity index (χ3v) is 5.00. The number of anilines is 1. The molecule has 1 heterocycles. The van der Waals surface area contributed by atoms with E-state index >= 15 is 0 Å². The highest BCUT2D eigenvalue weighted by molar-refractivity contribution is 5.44. The normalized spacial score (nSPS) is 27.8. The fourth-order valence-corrected chi connectivity index (χ4v) is 3.86. The summed E-state index contributed by atoms with van der Waals surface area (Å²) in [6, 6.07) is 19.4. The number of benzene rings is 2. The van der Waals surface area contributed by atoms with Crippen molar-refractivity contribution >= 4 is 5.69 Å². The lowest BCUT2D eigenvalue weighted by atomic mass is 10.1. The second kappa shape index (κ2) is 5.75. The zero-order chi connectivity index (χ0) is 14.9. The van der Waals surface area contributed by atoms with Gasteiger partial charge in [-0.2, -0.15) is 0 Å². The first-order chi connectivity index (χ1) is 10.8. The van der Waals surface area contributed by atoms with Crippen LogP contribution in [0.2, 0.25) is 0 Å². The minimum absolute atomic E-state index is 0.236. The van der Waals surface area contributed by atoms with Gasteiger partial charge in [0.2, 0.25) is 0 Å². The smallest absolute Gasteiger partial charge is 0.0951 e. The number of rotatable bonds is 3. The van der Waals surface area contributed by atoms with Gasteiger partial charge in [-0.05, 0) is 36.1 Å². The lowest BCUT2D eigenvalue weighted by molar-refractivity contribution is 0.0746. The van der Waals surface area contributed by atoms with Crippen LogP contribution in [-0.2, 0) is 6.42 Å². The van der Waals surface area contributed by atoms with Crippen molar-refractivity contribution < 1.29 is 5.11 Å². The van der Waals surface area contributed by atoms with Crippen LogP contribution >= 0.6 is 0 Å². The molecule has 0 spiro atoms. The number of fused-ring (bicyclic) bond motifs is 1. The van der Waals surface area contributed by atoms with Gasteiger partial charge in [-0.1, -0.05) is 42.5 Å². The molecule has 22 heavy (non-hydrogen) atoms. The second-order valence-electron chi connectivity index (χ2n) is 6.41. The van der Waals surface area contributed by atoms with Gasteiger partial charge in [0.05, 0.1) is 6.10 Å². The molecular weight excluding hydrogens is 272 g/mol.